The van der Waals surface area contributed by atoms with Crippen molar-refractivity contribution in [2.75, 3.05) is 25.0 Å². The first-order chi connectivity index (χ1) is 15.7. The summed E-state index contributed by atoms with van der Waals surface area (Å²) in [6, 6.07) is 9.54. The van der Waals surface area contributed by atoms with Crippen LogP contribution < -0.4 is 20.1 Å². The number of fused-ring (bicyclic) bond motifs is 1. The quantitative estimate of drug-likeness (QED) is 0.471. The number of unbranched alkanes of at least 4 members (excludes halogenated alkanes) is 1. The van der Waals surface area contributed by atoms with Crippen LogP contribution in [0.1, 0.15) is 31.4 Å². The van der Waals surface area contributed by atoms with Crippen LogP contribution >= 0.6 is 0 Å². The van der Waals surface area contributed by atoms with Crippen LogP contribution in [0, 0.1) is 6.92 Å². The Hall–Kier alpha value is -3.62. The van der Waals surface area contributed by atoms with Crippen molar-refractivity contribution < 1.29 is 14.3 Å². The fourth-order valence-corrected chi connectivity index (χ4v) is 3.43. The van der Waals surface area contributed by atoms with Crippen LogP contribution in [0.15, 0.2) is 49.1 Å². The predicted octanol–water partition coefficient (Wildman–Crippen LogP) is 2.90. The van der Waals surface area contributed by atoms with Gasteiger partial charge in [0.15, 0.2) is 11.5 Å². The minimum atomic E-state index is -0.0436. The topological polar surface area (TPSA) is 103 Å². The molecule has 1 atom stereocenters. The number of hydrogen-bond donors (Lipinski definition) is 2. The SMILES string of the molecule is Cc1cc(NCCCCC(=O)NCCC2COc3ccccc3O2)nc(-n2ccnc2)n1. The lowest BCUT2D eigenvalue weighted by Crippen LogP contribution is -2.34. The number of para-hydroxylation sites is 2. The van der Waals surface area contributed by atoms with Gasteiger partial charge in [0.05, 0.1) is 0 Å². The predicted molar refractivity (Wildman–Crippen MR) is 120 cm³/mol. The van der Waals surface area contributed by atoms with Crippen LogP contribution in [0.3, 0.4) is 0 Å². The van der Waals surface area contributed by atoms with E-state index >= 15 is 0 Å². The number of nitrogens with zero attached hydrogens (tertiary/aromatic N) is 4. The van der Waals surface area contributed by atoms with Crippen LogP contribution in [0.5, 0.6) is 11.5 Å². The molecule has 0 aliphatic carbocycles. The molecule has 9 nitrogen and oxygen atoms in total. The molecular weight excluding hydrogens is 408 g/mol. The number of anilines is 1. The Morgan fingerprint density at radius 2 is 2.06 bits per heavy atom. The average Bonchev–Trinajstić information content (AvgIpc) is 3.34. The van der Waals surface area contributed by atoms with Crippen molar-refractivity contribution in [2.45, 2.75) is 38.7 Å². The smallest absolute Gasteiger partial charge is 0.237 e. The van der Waals surface area contributed by atoms with E-state index in [1.807, 2.05) is 43.5 Å². The molecule has 0 bridgehead atoms. The summed E-state index contributed by atoms with van der Waals surface area (Å²) >= 11 is 0. The van der Waals surface area contributed by atoms with Crippen LogP contribution in [-0.2, 0) is 4.79 Å². The maximum Gasteiger partial charge on any atom is 0.237 e. The van der Waals surface area contributed by atoms with E-state index in [1.165, 1.54) is 0 Å². The van der Waals surface area contributed by atoms with E-state index in [9.17, 15) is 4.79 Å². The normalized spacial score (nSPS) is 14.7. The first-order valence-electron chi connectivity index (χ1n) is 10.9. The third-order valence-electron chi connectivity index (χ3n) is 5.07. The van der Waals surface area contributed by atoms with E-state index in [-0.39, 0.29) is 12.0 Å². The number of nitrogens with one attached hydrogen (secondary N) is 2. The van der Waals surface area contributed by atoms with Crippen LogP contribution in [0.25, 0.3) is 5.95 Å². The largest absolute Gasteiger partial charge is 0.486 e. The Balaban J connectivity index is 1.10. The molecule has 0 saturated heterocycles. The molecule has 0 saturated carbocycles. The highest BCUT2D eigenvalue weighted by Gasteiger charge is 2.20. The summed E-state index contributed by atoms with van der Waals surface area (Å²) in [5.74, 6) is 2.94. The highest BCUT2D eigenvalue weighted by molar-refractivity contribution is 5.75. The van der Waals surface area contributed by atoms with Gasteiger partial charge in [0, 0.05) is 50.1 Å². The Bertz CT molecular complexity index is 1020. The van der Waals surface area contributed by atoms with Gasteiger partial charge in [0.2, 0.25) is 11.9 Å². The number of ether oxygens (including phenoxy) is 2. The number of amides is 1. The molecule has 2 N–H and O–H groups in total. The summed E-state index contributed by atoms with van der Waals surface area (Å²) < 4.78 is 13.4. The molecule has 2 aromatic heterocycles. The fourth-order valence-electron chi connectivity index (χ4n) is 3.43. The van der Waals surface area contributed by atoms with Gasteiger partial charge in [-0.2, -0.15) is 4.98 Å². The number of imidazole rings is 1. The van der Waals surface area contributed by atoms with E-state index in [0.717, 1.165) is 42.4 Å². The zero-order chi connectivity index (χ0) is 22.2. The maximum absolute atomic E-state index is 12.1. The van der Waals surface area contributed by atoms with Gasteiger partial charge in [0.1, 0.15) is 24.9 Å². The Morgan fingerprint density at radius 1 is 1.19 bits per heavy atom. The first-order valence-corrected chi connectivity index (χ1v) is 10.9. The lowest BCUT2D eigenvalue weighted by Gasteiger charge is -2.26. The molecule has 0 spiro atoms. The van der Waals surface area contributed by atoms with E-state index in [0.29, 0.717) is 31.9 Å². The van der Waals surface area contributed by atoms with Crippen molar-refractivity contribution in [3.8, 4) is 17.4 Å². The second-order valence-corrected chi connectivity index (χ2v) is 7.68. The number of hydrogen-bond acceptors (Lipinski definition) is 7. The molecule has 9 heteroatoms. The van der Waals surface area contributed by atoms with Gasteiger partial charge in [-0.05, 0) is 31.9 Å². The van der Waals surface area contributed by atoms with Crippen LogP contribution in [0.4, 0.5) is 5.82 Å². The monoisotopic (exact) mass is 436 g/mol. The van der Waals surface area contributed by atoms with E-state index < -0.39 is 0 Å². The third-order valence-corrected chi connectivity index (χ3v) is 5.07. The summed E-state index contributed by atoms with van der Waals surface area (Å²) in [7, 11) is 0. The summed E-state index contributed by atoms with van der Waals surface area (Å²) in [4.78, 5) is 25.1. The Kier molecular flexibility index (Phi) is 7.16. The second kappa shape index (κ2) is 10.6. The summed E-state index contributed by atoms with van der Waals surface area (Å²) in [6.07, 6.45) is 8.01. The molecule has 1 unspecified atom stereocenters. The number of rotatable bonds is 10. The number of aryl methyl sites for hydroxylation is 1. The lowest BCUT2D eigenvalue weighted by molar-refractivity contribution is -0.121. The standard InChI is InChI=1S/C23H28N6O3/c1-17-14-21(28-23(27-17)29-13-12-24-16-29)25-10-5-4-8-22(30)26-11-9-18-15-31-19-6-2-3-7-20(19)32-18/h2-3,6-7,12-14,16,18H,4-5,8-11,15H2,1H3,(H,26,30)(H,25,27,28). The summed E-state index contributed by atoms with van der Waals surface area (Å²) in [6.45, 7) is 3.74. The molecule has 1 aliphatic heterocycles. The molecule has 1 aliphatic rings. The highest BCUT2D eigenvalue weighted by Crippen LogP contribution is 2.31. The second-order valence-electron chi connectivity index (χ2n) is 7.68. The van der Waals surface area contributed by atoms with Crippen molar-refractivity contribution in [3.05, 3.63) is 54.7 Å². The number of aromatic nitrogens is 4. The van der Waals surface area contributed by atoms with E-state index in [1.54, 1.807) is 17.1 Å². The lowest BCUT2D eigenvalue weighted by atomic mass is 10.2. The first kappa shape index (κ1) is 21.6. The summed E-state index contributed by atoms with van der Waals surface area (Å²) in [5.41, 5.74) is 0.876. The molecule has 1 amide bonds. The average molecular weight is 437 g/mol. The van der Waals surface area contributed by atoms with E-state index in [2.05, 4.69) is 25.6 Å². The minimum absolute atomic E-state index is 0.0436. The molecule has 168 valence electrons. The fraction of sp³-hybridized carbons (Fsp3) is 0.391. The molecule has 1 aromatic carbocycles. The Morgan fingerprint density at radius 3 is 2.91 bits per heavy atom. The molecule has 3 aromatic rings. The molecule has 0 fully saturated rings. The third kappa shape index (κ3) is 5.96. The van der Waals surface area contributed by atoms with Gasteiger partial charge >= 0.3 is 0 Å². The molecule has 32 heavy (non-hydrogen) atoms. The van der Waals surface area contributed by atoms with Gasteiger partial charge in [-0.15, -0.1) is 0 Å². The number of carbonyl (C=O) groups excluding carboxylic acids is 1. The van der Waals surface area contributed by atoms with Crippen molar-refractivity contribution >= 4 is 11.7 Å². The van der Waals surface area contributed by atoms with Crippen LogP contribution in [0.2, 0.25) is 0 Å². The van der Waals surface area contributed by atoms with Gasteiger partial charge in [-0.3, -0.25) is 9.36 Å². The molecular formula is C23H28N6O3. The van der Waals surface area contributed by atoms with Gasteiger partial charge in [-0.25, -0.2) is 9.97 Å². The van der Waals surface area contributed by atoms with Crippen molar-refractivity contribution in [1.29, 1.82) is 0 Å². The minimum Gasteiger partial charge on any atom is -0.486 e. The Labute approximate surface area is 187 Å². The van der Waals surface area contributed by atoms with Gasteiger partial charge < -0.3 is 20.1 Å². The maximum atomic E-state index is 12.1. The summed E-state index contributed by atoms with van der Waals surface area (Å²) in [5, 5.41) is 6.28. The zero-order valence-corrected chi connectivity index (χ0v) is 18.2. The van der Waals surface area contributed by atoms with Crippen molar-refractivity contribution in [2.24, 2.45) is 0 Å². The van der Waals surface area contributed by atoms with Crippen LogP contribution in [-0.4, -0.2) is 51.2 Å². The number of carbonyl (C=O) groups is 1. The molecule has 3 heterocycles. The zero-order valence-electron chi connectivity index (χ0n) is 18.2. The van der Waals surface area contributed by atoms with Crippen molar-refractivity contribution in [3.63, 3.8) is 0 Å². The molecule has 4 rings (SSSR count). The highest BCUT2D eigenvalue weighted by atomic mass is 16.6. The van der Waals surface area contributed by atoms with Gasteiger partial charge in [0.25, 0.3) is 0 Å². The number of benzene rings is 1. The van der Waals surface area contributed by atoms with Gasteiger partial charge in [-0.1, -0.05) is 12.1 Å². The van der Waals surface area contributed by atoms with Crippen molar-refractivity contribution in [1.82, 2.24) is 24.8 Å². The van der Waals surface area contributed by atoms with E-state index in [4.69, 9.17) is 9.47 Å². The molecule has 0 radical (unpaired) electrons.